The van der Waals surface area contributed by atoms with E-state index in [9.17, 15) is 24.6 Å². The quantitative estimate of drug-likeness (QED) is 0.538. The topological polar surface area (TPSA) is 125 Å². The predicted octanol–water partition coefficient (Wildman–Crippen LogP) is 2.59. The second-order valence-electron chi connectivity index (χ2n) is 6.72. The normalized spacial score (nSPS) is 17.2. The summed E-state index contributed by atoms with van der Waals surface area (Å²) in [5, 5.41) is 23.1. The lowest BCUT2D eigenvalue weighted by Gasteiger charge is -2.25. The summed E-state index contributed by atoms with van der Waals surface area (Å²) in [6, 6.07) is 9.80. The minimum absolute atomic E-state index is 0.212. The Labute approximate surface area is 185 Å². The molecule has 1 amide bonds. The Bertz CT molecular complexity index is 1240. The van der Waals surface area contributed by atoms with Crippen LogP contribution in [0.2, 0.25) is 0 Å². The number of carboxylic acid groups (broad SMARTS) is 2. The van der Waals surface area contributed by atoms with E-state index in [4.69, 9.17) is 0 Å². The Hall–Kier alpha value is -3.46. The molecule has 2 aromatic rings. The lowest BCUT2D eigenvalue weighted by atomic mass is 9.82. The third kappa shape index (κ3) is 4.09. The first kappa shape index (κ1) is 22.2. The molecule has 8 nitrogen and oxygen atoms in total. The summed E-state index contributed by atoms with van der Waals surface area (Å²) in [6.07, 6.45) is 2.04. The number of hydrogen-bond donors (Lipinski definition) is 3. The van der Waals surface area contributed by atoms with Gasteiger partial charge in [0.1, 0.15) is 0 Å². The van der Waals surface area contributed by atoms with E-state index in [1.54, 1.807) is 24.3 Å². The molecule has 0 radical (unpaired) electrons. The molecule has 160 valence electrons. The summed E-state index contributed by atoms with van der Waals surface area (Å²) >= 11 is 3.44. The van der Waals surface area contributed by atoms with E-state index in [1.807, 2.05) is 13.0 Å². The van der Waals surface area contributed by atoms with Gasteiger partial charge in [0, 0.05) is 27.0 Å². The molecular weight excluding hydrogens is 468 g/mol. The highest BCUT2D eigenvalue weighted by Crippen LogP contribution is 2.38. The third-order valence-electron chi connectivity index (χ3n) is 4.91. The first-order chi connectivity index (χ1) is 14.7. The molecule has 0 aromatic heterocycles. The van der Waals surface area contributed by atoms with Gasteiger partial charge >= 0.3 is 18.0 Å². The maximum absolute atomic E-state index is 12.7. The molecule has 1 heterocycles. The molecule has 3 N–H and O–H groups in total. The Morgan fingerprint density at radius 1 is 1.23 bits per heavy atom. The number of rotatable bonds is 6. The molecule has 0 aliphatic carbocycles. The van der Waals surface area contributed by atoms with Crippen LogP contribution in [0.1, 0.15) is 18.1 Å². The van der Waals surface area contributed by atoms with Crippen molar-refractivity contribution in [3.63, 3.8) is 0 Å². The fourth-order valence-corrected chi connectivity index (χ4v) is 4.05. The smallest absolute Gasteiger partial charge is 0.411 e. The Morgan fingerprint density at radius 3 is 2.58 bits per heavy atom. The summed E-state index contributed by atoms with van der Waals surface area (Å²) < 4.78 is 5.32. The predicted molar refractivity (Wildman–Crippen MR) is 116 cm³/mol. The van der Waals surface area contributed by atoms with Gasteiger partial charge in [-0.25, -0.2) is 14.4 Å². The van der Waals surface area contributed by atoms with E-state index >= 15 is 0 Å². The minimum atomic E-state index is -1.90. The van der Waals surface area contributed by atoms with Gasteiger partial charge in [0.2, 0.25) is 5.54 Å². The van der Waals surface area contributed by atoms with E-state index in [1.165, 1.54) is 19.3 Å². The summed E-state index contributed by atoms with van der Waals surface area (Å²) in [4.78, 5) is 40.2. The largest absolute Gasteiger partial charge is 0.479 e. The highest BCUT2D eigenvalue weighted by molar-refractivity contribution is 9.10. The van der Waals surface area contributed by atoms with Crippen molar-refractivity contribution < 1.29 is 29.3 Å². The lowest BCUT2D eigenvalue weighted by molar-refractivity contribution is -0.141. The molecule has 0 saturated heterocycles. The molecule has 1 aliphatic rings. The van der Waals surface area contributed by atoms with Gasteiger partial charge < -0.3 is 14.9 Å². The van der Waals surface area contributed by atoms with E-state index in [0.29, 0.717) is 22.7 Å². The number of carbonyl (C=O) groups is 3. The molecule has 1 aliphatic heterocycles. The van der Waals surface area contributed by atoms with Gasteiger partial charge in [-0.15, -0.1) is 0 Å². The molecule has 0 bridgehead atoms. The lowest BCUT2D eigenvalue weighted by Crippen LogP contribution is -2.34. The van der Waals surface area contributed by atoms with E-state index in [0.717, 1.165) is 16.1 Å². The van der Waals surface area contributed by atoms with Gasteiger partial charge in [-0.1, -0.05) is 35.0 Å². The number of halogens is 1. The molecule has 1 unspecified atom stereocenters. The van der Waals surface area contributed by atoms with E-state index < -0.39 is 23.6 Å². The molecule has 9 heteroatoms. The Morgan fingerprint density at radius 2 is 1.97 bits per heavy atom. The van der Waals surface area contributed by atoms with Crippen LogP contribution in [0.5, 0.6) is 0 Å². The minimum Gasteiger partial charge on any atom is -0.479 e. The number of nitrogens with zero attached hydrogens (tertiary/aromatic N) is 1. The first-order valence-electron chi connectivity index (χ1n) is 9.26. The number of amides is 1. The zero-order valence-corrected chi connectivity index (χ0v) is 18.3. The number of aliphatic carboxylic acids is 2. The van der Waals surface area contributed by atoms with Crippen LogP contribution in [0.4, 0.5) is 10.5 Å². The number of fused-ring (bicyclic) bond motifs is 1. The Kier molecular flexibility index (Phi) is 6.26. The second kappa shape index (κ2) is 8.73. The number of hydrogen-bond acceptors (Lipinski definition) is 5. The van der Waals surface area contributed by atoms with Crippen molar-refractivity contribution in [2.24, 2.45) is 4.99 Å². The van der Waals surface area contributed by atoms with Gasteiger partial charge in [-0.3, -0.25) is 10.3 Å². The number of carboxylic acids is 2. The van der Waals surface area contributed by atoms with E-state index in [-0.39, 0.29) is 11.1 Å². The van der Waals surface area contributed by atoms with Crippen LogP contribution in [0, 0.1) is 0 Å². The van der Waals surface area contributed by atoms with Crippen LogP contribution in [-0.2, 0) is 26.3 Å². The number of nitrogens with one attached hydrogen (secondary N) is 1. The molecule has 2 aromatic carbocycles. The van der Waals surface area contributed by atoms with Crippen molar-refractivity contribution in [1.82, 2.24) is 0 Å². The average molecular weight is 487 g/mol. The monoisotopic (exact) mass is 486 g/mol. The first-order valence-corrected chi connectivity index (χ1v) is 10.0. The number of methoxy groups -OCH3 is 1. The Balaban J connectivity index is 2.38. The number of carbonyl (C=O) groups excluding carboxylic acids is 1. The summed E-state index contributed by atoms with van der Waals surface area (Å²) in [5.74, 6) is -2.49. The zero-order valence-electron chi connectivity index (χ0n) is 16.7. The van der Waals surface area contributed by atoms with Crippen molar-refractivity contribution in [2.45, 2.75) is 18.9 Å². The molecule has 0 spiro atoms. The average Bonchev–Trinajstić information content (AvgIpc) is 3.06. The fraction of sp³-hybridized carbons (Fsp3) is 0.182. The van der Waals surface area contributed by atoms with Crippen molar-refractivity contribution in [3.8, 4) is 0 Å². The summed E-state index contributed by atoms with van der Waals surface area (Å²) in [5.41, 5.74) is -0.295. The maximum Gasteiger partial charge on any atom is 0.411 e. The van der Waals surface area contributed by atoms with Crippen molar-refractivity contribution in [3.05, 3.63) is 74.7 Å². The SMILES string of the molecule is CCc1cc(Br)cc2c1=NC(C(=O)O)(c1cccc(NC(=O)OC)c1)C=2C=CC(=O)O. The van der Waals surface area contributed by atoms with Gasteiger partial charge in [0.05, 0.1) is 12.5 Å². The van der Waals surface area contributed by atoms with Gasteiger partial charge in [0.25, 0.3) is 0 Å². The zero-order chi connectivity index (χ0) is 22.8. The fourth-order valence-electron chi connectivity index (χ4n) is 3.55. The van der Waals surface area contributed by atoms with Gasteiger partial charge in [0.15, 0.2) is 0 Å². The molecular formula is C22H19BrN2O6. The highest BCUT2D eigenvalue weighted by atomic mass is 79.9. The number of anilines is 1. The molecule has 0 saturated carbocycles. The van der Waals surface area contributed by atoms with Crippen LogP contribution < -0.4 is 15.9 Å². The molecule has 31 heavy (non-hydrogen) atoms. The van der Waals surface area contributed by atoms with E-state index in [2.05, 4.69) is 31.0 Å². The van der Waals surface area contributed by atoms with Crippen molar-refractivity contribution in [2.75, 3.05) is 12.4 Å². The van der Waals surface area contributed by atoms with Gasteiger partial charge in [-0.2, -0.15) is 0 Å². The van der Waals surface area contributed by atoms with Crippen molar-refractivity contribution >= 4 is 45.2 Å². The molecule has 3 rings (SSSR count). The van der Waals surface area contributed by atoms with Crippen molar-refractivity contribution in [1.29, 1.82) is 0 Å². The summed E-state index contributed by atoms with van der Waals surface area (Å²) in [6.45, 7) is 1.92. The highest BCUT2D eigenvalue weighted by Gasteiger charge is 2.46. The van der Waals surface area contributed by atoms with Crippen LogP contribution in [0.15, 0.2) is 58.0 Å². The maximum atomic E-state index is 12.7. The number of benzene rings is 2. The van der Waals surface area contributed by atoms with Crippen LogP contribution in [0.3, 0.4) is 0 Å². The second-order valence-corrected chi connectivity index (χ2v) is 7.64. The summed E-state index contributed by atoms with van der Waals surface area (Å²) in [7, 11) is 1.22. The third-order valence-corrected chi connectivity index (χ3v) is 5.37. The number of ether oxygens (including phenoxy) is 1. The standard InChI is InChI=1S/C22H19BrN2O6/c1-3-12-9-14(23)11-16-17(7-8-18(26)27)22(20(28)29,25-19(12)16)13-5-4-6-15(10-13)24-21(30)31-2/h4-11H,3H2,1-2H3,(H,24,30)(H,26,27)(H,28,29). The molecule has 1 atom stereocenters. The van der Waals surface area contributed by atoms with Gasteiger partial charge in [-0.05, 0) is 47.9 Å². The van der Waals surface area contributed by atoms with Crippen LogP contribution in [-0.4, -0.2) is 35.4 Å². The van der Waals surface area contributed by atoms with Crippen LogP contribution >= 0.6 is 15.9 Å². The number of aryl methyl sites for hydroxylation is 1. The molecule has 0 fully saturated rings. The van der Waals surface area contributed by atoms with Crippen LogP contribution in [0.25, 0.3) is 5.57 Å².